The van der Waals surface area contributed by atoms with E-state index in [4.69, 9.17) is 23.4 Å². The van der Waals surface area contributed by atoms with Crippen molar-refractivity contribution in [2.45, 2.75) is 117 Å². The van der Waals surface area contributed by atoms with E-state index in [0.717, 1.165) is 12.0 Å². The van der Waals surface area contributed by atoms with Gasteiger partial charge in [-0.3, -0.25) is 19.2 Å². The topological polar surface area (TPSA) is 122 Å². The molecule has 1 aromatic heterocycles. The Morgan fingerprint density at radius 2 is 1.46 bits per heavy atom. The summed E-state index contributed by atoms with van der Waals surface area (Å²) >= 11 is 0. The standard InChI is InChI=1S/C32H42O9/c1-16(33)38-22-14-23(39-17(2)34)30(7)20-9-11-29(6)25(19-10-12-37-15-19)26(36)27-32(29,41-27)31(20,8)24(40-18(3)35)13-21(30)28(22,4)5/h10,12,15,20-25,27H,9,11,13-14H2,1-8H3/t20-,21+,22-,23+,24-,25-,27-,29+,30-,31+,32-/m1/s1. The third kappa shape index (κ3) is 3.38. The molecule has 5 fully saturated rings. The highest BCUT2D eigenvalue weighted by Crippen LogP contribution is 2.82. The van der Waals surface area contributed by atoms with Gasteiger partial charge < -0.3 is 23.4 Å². The van der Waals surface area contributed by atoms with Gasteiger partial charge in [-0.25, -0.2) is 0 Å². The zero-order chi connectivity index (χ0) is 29.9. The van der Waals surface area contributed by atoms with Gasteiger partial charge in [-0.15, -0.1) is 0 Å². The SMILES string of the molecule is CC(=O)O[C@H]1C[C@@H](OC(C)=O)C(C)(C)[C@@H]2C[C@@H](OC(C)=O)[C@]3(C)[C@H](CC[C@@]4(C)[C@H](c5ccoc5)C(=O)[C@H]5O[C@@]534)[C@@]12C. The van der Waals surface area contributed by atoms with E-state index in [2.05, 4.69) is 34.6 Å². The molecule has 2 heterocycles. The number of hydrogen-bond acceptors (Lipinski definition) is 9. The summed E-state index contributed by atoms with van der Waals surface area (Å²) in [6.45, 7) is 14.9. The molecule has 1 spiro atoms. The third-order valence-corrected chi connectivity index (χ3v) is 12.4. The maximum atomic E-state index is 14.0. The van der Waals surface area contributed by atoms with Crippen LogP contribution in [0.15, 0.2) is 23.0 Å². The Morgan fingerprint density at radius 1 is 0.854 bits per heavy atom. The van der Waals surface area contributed by atoms with Crippen LogP contribution in [0.2, 0.25) is 0 Å². The van der Waals surface area contributed by atoms with Crippen molar-refractivity contribution >= 4 is 23.7 Å². The van der Waals surface area contributed by atoms with Crippen LogP contribution in [0.3, 0.4) is 0 Å². The number of epoxide rings is 1. The molecule has 5 aliphatic rings. The van der Waals surface area contributed by atoms with Crippen molar-refractivity contribution < 1.29 is 42.5 Å². The lowest BCUT2D eigenvalue weighted by Crippen LogP contribution is -2.74. The first-order chi connectivity index (χ1) is 19.1. The minimum Gasteiger partial charge on any atom is -0.472 e. The van der Waals surface area contributed by atoms with Crippen LogP contribution in [0.4, 0.5) is 0 Å². The first kappa shape index (κ1) is 28.4. The van der Waals surface area contributed by atoms with Crippen molar-refractivity contribution in [3.05, 3.63) is 24.2 Å². The molecule has 0 amide bonds. The van der Waals surface area contributed by atoms with Crippen LogP contribution in [0.25, 0.3) is 0 Å². The number of hydrogen-bond donors (Lipinski definition) is 0. The van der Waals surface area contributed by atoms with Crippen LogP contribution in [0.1, 0.15) is 92.6 Å². The van der Waals surface area contributed by atoms with Crippen LogP contribution < -0.4 is 0 Å². The van der Waals surface area contributed by atoms with Crippen LogP contribution in [0, 0.1) is 33.5 Å². The summed E-state index contributed by atoms with van der Waals surface area (Å²) in [5.74, 6) is -1.76. The van der Waals surface area contributed by atoms with Crippen LogP contribution in [-0.4, -0.2) is 53.7 Å². The number of rotatable bonds is 4. The predicted molar refractivity (Wildman–Crippen MR) is 144 cm³/mol. The molecule has 0 N–H and O–H groups in total. The van der Waals surface area contributed by atoms with E-state index in [-0.39, 0.29) is 29.5 Å². The highest BCUT2D eigenvalue weighted by Gasteiger charge is 2.90. The second-order valence-corrected chi connectivity index (χ2v) is 14.4. The summed E-state index contributed by atoms with van der Waals surface area (Å²) in [5, 5.41) is 0. The number of Topliss-reactive ketones (excluding diaryl/α,β-unsaturated/α-hetero) is 1. The Balaban J connectivity index is 1.53. The molecule has 11 atom stereocenters. The fourth-order valence-corrected chi connectivity index (χ4v) is 10.9. The lowest BCUT2D eigenvalue weighted by Gasteiger charge is -2.70. The van der Waals surface area contributed by atoms with E-state index < -0.39 is 63.6 Å². The molecule has 0 bridgehead atoms. The van der Waals surface area contributed by atoms with E-state index in [0.29, 0.717) is 19.3 Å². The number of carbonyl (C=O) groups is 4. The van der Waals surface area contributed by atoms with Crippen molar-refractivity contribution in [3.8, 4) is 0 Å². The molecule has 9 heteroatoms. The normalized spacial score (nSPS) is 47.2. The molecule has 1 aromatic rings. The number of fused-ring (bicyclic) bond motifs is 3. The Hall–Kier alpha value is -2.68. The molecule has 0 radical (unpaired) electrons. The molecule has 1 saturated heterocycles. The highest BCUT2D eigenvalue weighted by atomic mass is 16.6. The van der Waals surface area contributed by atoms with E-state index in [1.165, 1.54) is 20.8 Å². The Morgan fingerprint density at radius 3 is 2.05 bits per heavy atom. The molecule has 41 heavy (non-hydrogen) atoms. The first-order valence-electron chi connectivity index (χ1n) is 14.8. The number of carbonyl (C=O) groups excluding carboxylic acids is 4. The monoisotopic (exact) mass is 570 g/mol. The van der Waals surface area contributed by atoms with Crippen molar-refractivity contribution in [2.24, 2.45) is 33.5 Å². The fraction of sp³-hybridized carbons (Fsp3) is 0.750. The van der Waals surface area contributed by atoms with Crippen molar-refractivity contribution in [1.29, 1.82) is 0 Å². The Kier molecular flexibility index (Phi) is 6.02. The Labute approximate surface area is 241 Å². The highest BCUT2D eigenvalue weighted by molar-refractivity contribution is 5.98. The van der Waals surface area contributed by atoms with E-state index >= 15 is 0 Å². The number of esters is 3. The van der Waals surface area contributed by atoms with Gasteiger partial charge in [-0.05, 0) is 37.2 Å². The summed E-state index contributed by atoms with van der Waals surface area (Å²) in [7, 11) is 0. The zero-order valence-electron chi connectivity index (χ0n) is 25.3. The maximum absolute atomic E-state index is 14.0. The van der Waals surface area contributed by atoms with Crippen LogP contribution >= 0.6 is 0 Å². The predicted octanol–water partition coefficient (Wildman–Crippen LogP) is 4.76. The smallest absolute Gasteiger partial charge is 0.302 e. The van der Waals surface area contributed by atoms with Gasteiger partial charge in [0.15, 0.2) is 5.78 Å². The van der Waals surface area contributed by atoms with Crippen molar-refractivity contribution in [1.82, 2.24) is 0 Å². The molecule has 1 aliphatic heterocycles. The Bertz CT molecular complexity index is 1300. The van der Waals surface area contributed by atoms with E-state index in [9.17, 15) is 19.2 Å². The molecule has 4 aliphatic carbocycles. The second-order valence-electron chi connectivity index (χ2n) is 14.4. The average molecular weight is 571 g/mol. The van der Waals surface area contributed by atoms with Crippen LogP contribution in [0.5, 0.6) is 0 Å². The number of furan rings is 1. The molecular weight excluding hydrogens is 528 g/mol. The van der Waals surface area contributed by atoms with Gasteiger partial charge in [0.2, 0.25) is 0 Å². The molecule has 0 unspecified atom stereocenters. The summed E-state index contributed by atoms with van der Waals surface area (Å²) in [6.07, 6.45) is 3.32. The first-order valence-corrected chi connectivity index (χ1v) is 14.8. The molecule has 9 nitrogen and oxygen atoms in total. The largest absolute Gasteiger partial charge is 0.472 e. The van der Waals surface area contributed by atoms with Gasteiger partial charge in [-0.2, -0.15) is 0 Å². The van der Waals surface area contributed by atoms with E-state index in [1.807, 2.05) is 6.07 Å². The minimum atomic E-state index is -0.853. The van der Waals surface area contributed by atoms with Gasteiger partial charge in [0, 0.05) is 54.4 Å². The maximum Gasteiger partial charge on any atom is 0.302 e. The van der Waals surface area contributed by atoms with Gasteiger partial charge >= 0.3 is 17.9 Å². The van der Waals surface area contributed by atoms with Crippen molar-refractivity contribution in [3.63, 3.8) is 0 Å². The lowest BCUT2D eigenvalue weighted by molar-refractivity contribution is -0.289. The summed E-state index contributed by atoms with van der Waals surface area (Å²) in [4.78, 5) is 51.3. The molecule has 0 aromatic carbocycles. The molecule has 6 rings (SSSR count). The molecular formula is C32H42O9. The van der Waals surface area contributed by atoms with E-state index in [1.54, 1.807) is 12.5 Å². The fourth-order valence-electron chi connectivity index (χ4n) is 10.9. The van der Waals surface area contributed by atoms with Gasteiger partial charge in [0.05, 0.1) is 18.4 Å². The van der Waals surface area contributed by atoms with Gasteiger partial charge in [0.1, 0.15) is 30.0 Å². The van der Waals surface area contributed by atoms with Crippen molar-refractivity contribution in [2.75, 3.05) is 0 Å². The summed E-state index contributed by atoms with van der Waals surface area (Å²) in [6, 6.07) is 1.86. The summed E-state index contributed by atoms with van der Waals surface area (Å²) < 4.78 is 30.2. The average Bonchev–Trinajstić information content (AvgIpc) is 3.34. The zero-order valence-corrected chi connectivity index (χ0v) is 25.3. The molecule has 224 valence electrons. The third-order valence-electron chi connectivity index (χ3n) is 12.4. The number of ketones is 1. The second kappa shape index (κ2) is 8.68. The summed E-state index contributed by atoms with van der Waals surface area (Å²) in [5.41, 5.74) is -2.39. The quantitative estimate of drug-likeness (QED) is 0.287. The molecule has 4 saturated carbocycles. The minimum absolute atomic E-state index is 0.0417. The van der Waals surface area contributed by atoms with Crippen LogP contribution in [-0.2, 0) is 38.1 Å². The van der Waals surface area contributed by atoms with Gasteiger partial charge in [-0.1, -0.05) is 34.6 Å². The lowest BCUT2D eigenvalue weighted by atomic mass is 9.35. The van der Waals surface area contributed by atoms with Gasteiger partial charge in [0.25, 0.3) is 0 Å². The number of ether oxygens (including phenoxy) is 4.